The highest BCUT2D eigenvalue weighted by Gasteiger charge is 2.23. The number of hydrogen-bond acceptors (Lipinski definition) is 6. The maximum atomic E-state index is 12.7. The molecular formula is C30H32N4O4S. The number of sulfonamides is 1. The monoisotopic (exact) mass is 544 g/mol. The van der Waals surface area contributed by atoms with Crippen molar-refractivity contribution in [2.75, 3.05) is 10.0 Å². The van der Waals surface area contributed by atoms with Gasteiger partial charge in [-0.05, 0) is 74.4 Å². The third-order valence-electron chi connectivity index (χ3n) is 6.39. The number of hydrogen-bond donors (Lipinski definition) is 2. The van der Waals surface area contributed by atoms with E-state index >= 15 is 0 Å². The van der Waals surface area contributed by atoms with Gasteiger partial charge in [0, 0.05) is 22.5 Å². The number of aromatic nitrogens is 2. The minimum Gasteiger partial charge on any atom is -0.481 e. The molecule has 0 bridgehead atoms. The second-order valence-electron chi connectivity index (χ2n) is 9.87. The smallest absolute Gasteiger partial charge is 0.265 e. The maximum absolute atomic E-state index is 12.7. The quantitative estimate of drug-likeness (QED) is 0.283. The summed E-state index contributed by atoms with van der Waals surface area (Å²) in [5.41, 5.74) is 3.91. The summed E-state index contributed by atoms with van der Waals surface area (Å²) in [6.45, 7) is 9.51. The standard InChI is InChI=1S/C30H32N4O4S/c1-20-19-21(2)32-29(31-20)34-39(36,37)27-17-13-25(14-18-27)33-28(35)22(3)38-26-15-11-24(12-16-26)30(4,5)23-9-7-6-8-10-23/h6-19,22H,1-5H3,(H,33,35)(H,31,32,34). The SMILES string of the molecule is Cc1cc(C)nc(NS(=O)(=O)c2ccc(NC(=O)C(C)Oc3ccc(C(C)(C)c4ccccc4)cc3)cc2)n1. The van der Waals surface area contributed by atoms with Crippen molar-refractivity contribution in [1.82, 2.24) is 9.97 Å². The van der Waals surface area contributed by atoms with E-state index in [9.17, 15) is 13.2 Å². The van der Waals surface area contributed by atoms with Crippen LogP contribution in [-0.2, 0) is 20.2 Å². The van der Waals surface area contributed by atoms with Gasteiger partial charge >= 0.3 is 0 Å². The van der Waals surface area contributed by atoms with E-state index in [1.807, 2.05) is 42.5 Å². The number of ether oxygens (including phenoxy) is 1. The first-order valence-corrected chi connectivity index (χ1v) is 14.0. The Morgan fingerprint density at radius 3 is 2.00 bits per heavy atom. The fourth-order valence-electron chi connectivity index (χ4n) is 4.14. The summed E-state index contributed by atoms with van der Waals surface area (Å²) < 4.78 is 33.7. The van der Waals surface area contributed by atoms with Gasteiger partial charge in [-0.3, -0.25) is 4.79 Å². The summed E-state index contributed by atoms with van der Waals surface area (Å²) in [5.74, 6) is 0.222. The average Bonchev–Trinajstić information content (AvgIpc) is 2.89. The number of rotatable bonds is 9. The second-order valence-corrected chi connectivity index (χ2v) is 11.6. The highest BCUT2D eigenvalue weighted by molar-refractivity contribution is 7.92. The van der Waals surface area contributed by atoms with E-state index in [2.05, 4.69) is 46.0 Å². The molecule has 1 heterocycles. The Labute approximate surface area is 229 Å². The van der Waals surface area contributed by atoms with Crippen LogP contribution >= 0.6 is 0 Å². The lowest BCUT2D eigenvalue weighted by atomic mass is 9.78. The van der Waals surface area contributed by atoms with E-state index in [1.165, 1.54) is 29.8 Å². The lowest BCUT2D eigenvalue weighted by Crippen LogP contribution is -2.30. The van der Waals surface area contributed by atoms with Crippen molar-refractivity contribution in [1.29, 1.82) is 0 Å². The van der Waals surface area contributed by atoms with Crippen LogP contribution in [0.25, 0.3) is 0 Å². The fourth-order valence-corrected chi connectivity index (χ4v) is 5.09. The lowest BCUT2D eigenvalue weighted by molar-refractivity contribution is -0.122. The number of carbonyl (C=O) groups excluding carboxylic acids is 1. The Bertz CT molecular complexity index is 1530. The molecule has 0 aliphatic heterocycles. The Balaban J connectivity index is 1.36. The molecule has 39 heavy (non-hydrogen) atoms. The number of nitrogens with zero attached hydrogens (tertiary/aromatic N) is 2. The number of amides is 1. The van der Waals surface area contributed by atoms with Gasteiger partial charge in [0.1, 0.15) is 5.75 Å². The zero-order valence-corrected chi connectivity index (χ0v) is 23.4. The van der Waals surface area contributed by atoms with E-state index in [4.69, 9.17) is 4.74 Å². The van der Waals surface area contributed by atoms with Crippen LogP contribution in [0.15, 0.2) is 89.8 Å². The van der Waals surface area contributed by atoms with Crippen molar-refractivity contribution in [2.45, 2.75) is 51.0 Å². The Hall–Kier alpha value is -4.24. The lowest BCUT2D eigenvalue weighted by Gasteiger charge is -2.26. The van der Waals surface area contributed by atoms with Gasteiger partial charge in [0.05, 0.1) is 4.90 Å². The van der Waals surface area contributed by atoms with Gasteiger partial charge in [-0.15, -0.1) is 0 Å². The average molecular weight is 545 g/mol. The molecule has 9 heteroatoms. The molecule has 0 aliphatic rings. The van der Waals surface area contributed by atoms with E-state index in [0.717, 1.165) is 5.56 Å². The van der Waals surface area contributed by atoms with Crippen LogP contribution in [0.1, 0.15) is 43.3 Å². The molecule has 8 nitrogen and oxygen atoms in total. The van der Waals surface area contributed by atoms with Crippen molar-refractivity contribution < 1.29 is 17.9 Å². The molecule has 4 aromatic rings. The van der Waals surface area contributed by atoms with Gasteiger partial charge in [0.25, 0.3) is 15.9 Å². The zero-order valence-electron chi connectivity index (χ0n) is 22.6. The first-order valence-electron chi connectivity index (χ1n) is 12.5. The van der Waals surface area contributed by atoms with Crippen LogP contribution in [0.2, 0.25) is 0 Å². The first kappa shape index (κ1) is 27.8. The van der Waals surface area contributed by atoms with Gasteiger partial charge in [-0.25, -0.2) is 23.1 Å². The van der Waals surface area contributed by atoms with Crippen LogP contribution in [0.5, 0.6) is 5.75 Å². The molecular weight excluding hydrogens is 512 g/mol. The number of nitrogens with one attached hydrogen (secondary N) is 2. The highest BCUT2D eigenvalue weighted by atomic mass is 32.2. The van der Waals surface area contributed by atoms with Crippen LogP contribution < -0.4 is 14.8 Å². The van der Waals surface area contributed by atoms with E-state index < -0.39 is 16.1 Å². The van der Waals surface area contributed by atoms with Gasteiger partial charge in [-0.1, -0.05) is 56.3 Å². The van der Waals surface area contributed by atoms with Crippen molar-refractivity contribution in [3.05, 3.63) is 107 Å². The van der Waals surface area contributed by atoms with Crippen molar-refractivity contribution >= 4 is 27.6 Å². The van der Waals surface area contributed by atoms with Gasteiger partial charge < -0.3 is 10.1 Å². The molecule has 1 aromatic heterocycles. The molecule has 0 saturated carbocycles. The molecule has 0 radical (unpaired) electrons. The van der Waals surface area contributed by atoms with Gasteiger partial charge in [0.2, 0.25) is 5.95 Å². The molecule has 2 N–H and O–H groups in total. The van der Waals surface area contributed by atoms with E-state index in [0.29, 0.717) is 22.8 Å². The molecule has 1 atom stereocenters. The molecule has 0 spiro atoms. The van der Waals surface area contributed by atoms with Crippen LogP contribution in [0, 0.1) is 13.8 Å². The summed E-state index contributed by atoms with van der Waals surface area (Å²) in [6, 6.07) is 25.6. The second kappa shape index (κ2) is 11.2. The summed E-state index contributed by atoms with van der Waals surface area (Å²) in [5, 5.41) is 2.76. The first-order chi connectivity index (χ1) is 18.4. The summed E-state index contributed by atoms with van der Waals surface area (Å²) >= 11 is 0. The van der Waals surface area contributed by atoms with Crippen LogP contribution in [0.3, 0.4) is 0 Å². The fraction of sp³-hybridized carbons (Fsp3) is 0.233. The largest absolute Gasteiger partial charge is 0.481 e. The normalized spacial score (nSPS) is 12.4. The number of benzene rings is 3. The van der Waals surface area contributed by atoms with Crippen LogP contribution in [-0.4, -0.2) is 30.4 Å². The zero-order chi connectivity index (χ0) is 28.2. The molecule has 4 rings (SSSR count). The summed E-state index contributed by atoms with van der Waals surface area (Å²) in [6.07, 6.45) is -0.773. The van der Waals surface area contributed by atoms with Crippen LogP contribution in [0.4, 0.5) is 11.6 Å². The predicted molar refractivity (Wildman–Crippen MR) is 152 cm³/mol. The van der Waals surface area contributed by atoms with Crippen molar-refractivity contribution in [2.24, 2.45) is 0 Å². The topological polar surface area (TPSA) is 110 Å². The minimum atomic E-state index is -3.89. The van der Waals surface area contributed by atoms with E-state index in [-0.39, 0.29) is 22.2 Å². The highest BCUT2D eigenvalue weighted by Crippen LogP contribution is 2.32. The minimum absolute atomic E-state index is 0.00696. The Morgan fingerprint density at radius 1 is 0.846 bits per heavy atom. The van der Waals surface area contributed by atoms with Gasteiger partial charge in [-0.2, -0.15) is 0 Å². The number of anilines is 2. The summed E-state index contributed by atoms with van der Waals surface area (Å²) in [4.78, 5) is 21.0. The molecule has 3 aromatic carbocycles. The summed E-state index contributed by atoms with van der Waals surface area (Å²) in [7, 11) is -3.89. The Kier molecular flexibility index (Phi) is 8.01. The van der Waals surface area contributed by atoms with E-state index in [1.54, 1.807) is 26.8 Å². The van der Waals surface area contributed by atoms with Gasteiger partial charge in [0.15, 0.2) is 6.10 Å². The Morgan fingerprint density at radius 2 is 1.41 bits per heavy atom. The molecule has 1 unspecified atom stereocenters. The van der Waals surface area contributed by atoms with Crippen molar-refractivity contribution in [3.8, 4) is 5.75 Å². The third-order valence-corrected chi connectivity index (χ3v) is 7.74. The van der Waals surface area contributed by atoms with Crippen molar-refractivity contribution in [3.63, 3.8) is 0 Å². The molecule has 1 amide bonds. The number of carbonyl (C=O) groups is 1. The predicted octanol–water partition coefficient (Wildman–Crippen LogP) is 5.63. The molecule has 0 saturated heterocycles. The third kappa shape index (κ3) is 6.80. The molecule has 202 valence electrons. The molecule has 0 aliphatic carbocycles. The maximum Gasteiger partial charge on any atom is 0.265 e. The molecule has 0 fully saturated rings. The number of aryl methyl sites for hydroxylation is 2.